The third-order valence-corrected chi connectivity index (χ3v) is 4.70. The van der Waals surface area contributed by atoms with Crippen molar-refractivity contribution in [3.63, 3.8) is 0 Å². The number of aromatic nitrogens is 5. The number of halogens is 2. The van der Waals surface area contributed by atoms with Crippen molar-refractivity contribution >= 4 is 34.2 Å². The maximum Gasteiger partial charge on any atom is 0.223 e. The smallest absolute Gasteiger partial charge is 0.223 e. The first-order chi connectivity index (χ1) is 12.1. The minimum Gasteiger partial charge on any atom is -0.368 e. The summed E-state index contributed by atoms with van der Waals surface area (Å²) in [7, 11) is 0. The molecule has 124 valence electrons. The summed E-state index contributed by atoms with van der Waals surface area (Å²) in [6, 6.07) is 12.6. The van der Waals surface area contributed by atoms with Gasteiger partial charge in [-0.25, -0.2) is 14.4 Å². The molecule has 1 aromatic carbocycles. The van der Waals surface area contributed by atoms with Gasteiger partial charge in [-0.3, -0.25) is 4.98 Å². The van der Waals surface area contributed by atoms with Crippen molar-refractivity contribution < 1.29 is 4.39 Å². The van der Waals surface area contributed by atoms with Crippen molar-refractivity contribution in [2.24, 2.45) is 0 Å². The fraction of sp³-hybridized carbons (Fsp3) is 0.0588. The van der Waals surface area contributed by atoms with Crippen molar-refractivity contribution in [2.75, 3.05) is 5.73 Å². The molecule has 0 aliphatic heterocycles. The van der Waals surface area contributed by atoms with Crippen molar-refractivity contribution in [3.05, 3.63) is 69.6 Å². The lowest BCUT2D eigenvalue weighted by Crippen LogP contribution is -2.05. The number of rotatable bonds is 3. The number of pyridine rings is 1. The Hall–Kier alpha value is -2.62. The lowest BCUT2D eigenvalue weighted by atomic mass is 10.1. The minimum absolute atomic E-state index is 0.185. The Balaban J connectivity index is 1.82. The quantitative estimate of drug-likeness (QED) is 0.490. The zero-order chi connectivity index (χ0) is 17.4. The fourth-order valence-electron chi connectivity index (χ4n) is 2.53. The predicted molar refractivity (Wildman–Crippen MR) is 100 cm³/mol. The molecule has 2 N–H and O–H groups in total. The molecule has 0 amide bonds. The summed E-state index contributed by atoms with van der Waals surface area (Å²) in [5.41, 5.74) is 8.64. The first-order valence-electron chi connectivity index (χ1n) is 7.49. The standard InChI is InChI=1S/C17H12FIN6/c18-11-7-4-8-21-12(11)9-13-22-16-14(19)15(10-5-2-1-3-6-10)23-17(20)25(16)24-13/h1-8H,9H2,(H2,20,23). The summed E-state index contributed by atoms with van der Waals surface area (Å²) in [6.45, 7) is 0. The van der Waals surface area contributed by atoms with Gasteiger partial charge in [-0.1, -0.05) is 30.3 Å². The van der Waals surface area contributed by atoms with Crippen LogP contribution >= 0.6 is 22.6 Å². The number of hydrogen-bond donors (Lipinski definition) is 1. The van der Waals surface area contributed by atoms with Gasteiger partial charge in [-0.15, -0.1) is 5.10 Å². The molecule has 25 heavy (non-hydrogen) atoms. The molecule has 4 rings (SSSR count). The molecular weight excluding hydrogens is 434 g/mol. The average molecular weight is 446 g/mol. The summed E-state index contributed by atoms with van der Waals surface area (Å²) < 4.78 is 16.1. The Bertz CT molecular complexity index is 1060. The summed E-state index contributed by atoms with van der Waals surface area (Å²) in [4.78, 5) is 13.0. The van der Waals surface area contributed by atoms with E-state index >= 15 is 0 Å². The van der Waals surface area contributed by atoms with Crippen LogP contribution in [0.25, 0.3) is 16.9 Å². The van der Waals surface area contributed by atoms with Gasteiger partial charge in [0.05, 0.1) is 21.4 Å². The molecule has 3 aromatic heterocycles. The molecule has 0 bridgehead atoms. The molecule has 0 saturated carbocycles. The van der Waals surface area contributed by atoms with E-state index in [0.717, 1.165) is 14.8 Å². The Labute approximate surface area is 156 Å². The highest BCUT2D eigenvalue weighted by Crippen LogP contribution is 2.27. The van der Waals surface area contributed by atoms with E-state index in [1.807, 2.05) is 30.3 Å². The van der Waals surface area contributed by atoms with E-state index in [4.69, 9.17) is 5.73 Å². The molecule has 4 aromatic rings. The highest BCUT2D eigenvalue weighted by molar-refractivity contribution is 14.1. The second kappa shape index (κ2) is 6.36. The van der Waals surface area contributed by atoms with Crippen LogP contribution in [0.2, 0.25) is 0 Å². The molecule has 0 saturated heterocycles. The largest absolute Gasteiger partial charge is 0.368 e. The lowest BCUT2D eigenvalue weighted by Gasteiger charge is -2.06. The van der Waals surface area contributed by atoms with Gasteiger partial charge in [0.25, 0.3) is 0 Å². The molecular formula is C17H12FIN6. The van der Waals surface area contributed by atoms with E-state index in [1.165, 1.54) is 10.6 Å². The second-order valence-electron chi connectivity index (χ2n) is 5.37. The average Bonchev–Trinajstić information content (AvgIpc) is 3.06. The number of hydrogen-bond acceptors (Lipinski definition) is 5. The SMILES string of the molecule is Nc1nc(-c2ccccc2)c(I)c2nc(Cc3ncccc3F)nn12. The Kier molecular flexibility index (Phi) is 4.04. The van der Waals surface area contributed by atoms with Gasteiger partial charge in [-0.05, 0) is 34.7 Å². The zero-order valence-corrected chi connectivity index (χ0v) is 15.1. The molecule has 0 aliphatic carbocycles. The van der Waals surface area contributed by atoms with Gasteiger partial charge in [0.15, 0.2) is 11.5 Å². The van der Waals surface area contributed by atoms with Crippen LogP contribution in [0.5, 0.6) is 0 Å². The molecule has 0 aliphatic rings. The van der Waals surface area contributed by atoms with Gasteiger partial charge in [0, 0.05) is 11.8 Å². The number of anilines is 1. The van der Waals surface area contributed by atoms with Crippen molar-refractivity contribution in [3.8, 4) is 11.3 Å². The third-order valence-electron chi connectivity index (χ3n) is 3.71. The lowest BCUT2D eigenvalue weighted by molar-refractivity contribution is 0.601. The maximum atomic E-state index is 13.8. The number of nitrogens with zero attached hydrogens (tertiary/aromatic N) is 5. The van der Waals surface area contributed by atoms with Gasteiger partial charge in [-0.2, -0.15) is 4.52 Å². The van der Waals surface area contributed by atoms with Crippen molar-refractivity contribution in [2.45, 2.75) is 6.42 Å². The van der Waals surface area contributed by atoms with Crippen molar-refractivity contribution in [1.29, 1.82) is 0 Å². The first-order valence-corrected chi connectivity index (χ1v) is 8.57. The normalized spacial score (nSPS) is 11.1. The van der Waals surface area contributed by atoms with Gasteiger partial charge < -0.3 is 5.73 Å². The monoisotopic (exact) mass is 446 g/mol. The van der Waals surface area contributed by atoms with Crippen LogP contribution in [-0.2, 0) is 6.42 Å². The van der Waals surface area contributed by atoms with Crippen LogP contribution in [0.1, 0.15) is 11.5 Å². The van der Waals surface area contributed by atoms with E-state index in [-0.39, 0.29) is 18.2 Å². The fourth-order valence-corrected chi connectivity index (χ4v) is 3.31. The van der Waals surface area contributed by atoms with Crippen LogP contribution in [0.15, 0.2) is 48.7 Å². The van der Waals surface area contributed by atoms with E-state index in [2.05, 4.69) is 42.6 Å². The third kappa shape index (κ3) is 2.93. The minimum atomic E-state index is -0.382. The molecule has 8 heteroatoms. The van der Waals surface area contributed by atoms with E-state index < -0.39 is 0 Å². The number of nitrogen functional groups attached to an aromatic ring is 1. The van der Waals surface area contributed by atoms with E-state index in [1.54, 1.807) is 12.3 Å². The van der Waals surface area contributed by atoms with Gasteiger partial charge >= 0.3 is 0 Å². The van der Waals surface area contributed by atoms with Crippen LogP contribution in [-0.4, -0.2) is 24.6 Å². The van der Waals surface area contributed by atoms with Crippen molar-refractivity contribution in [1.82, 2.24) is 24.6 Å². The van der Waals surface area contributed by atoms with Crippen LogP contribution in [0.3, 0.4) is 0 Å². The summed E-state index contributed by atoms with van der Waals surface area (Å²) in [6.07, 6.45) is 1.73. The topological polar surface area (TPSA) is 82.0 Å². The zero-order valence-electron chi connectivity index (χ0n) is 12.9. The predicted octanol–water partition coefficient (Wildman–Crippen LogP) is 3.10. The first kappa shape index (κ1) is 15.9. The molecule has 0 radical (unpaired) electrons. The summed E-state index contributed by atoms with van der Waals surface area (Å²) in [5.74, 6) is 0.288. The molecule has 3 heterocycles. The number of benzene rings is 1. The Morgan fingerprint density at radius 3 is 2.64 bits per heavy atom. The number of nitrogens with two attached hydrogens (primary N) is 1. The molecule has 6 nitrogen and oxygen atoms in total. The van der Waals surface area contributed by atoms with E-state index in [9.17, 15) is 4.39 Å². The Morgan fingerprint density at radius 1 is 1.08 bits per heavy atom. The highest BCUT2D eigenvalue weighted by atomic mass is 127. The molecule has 0 unspecified atom stereocenters. The van der Waals surface area contributed by atoms with Crippen LogP contribution in [0.4, 0.5) is 10.3 Å². The second-order valence-corrected chi connectivity index (χ2v) is 6.45. The summed E-state index contributed by atoms with van der Waals surface area (Å²) in [5, 5.41) is 4.35. The molecule has 0 spiro atoms. The van der Waals surface area contributed by atoms with E-state index in [0.29, 0.717) is 17.2 Å². The van der Waals surface area contributed by atoms with Crippen LogP contribution in [0, 0.1) is 9.39 Å². The summed E-state index contributed by atoms with van der Waals surface area (Å²) >= 11 is 2.18. The molecule has 0 atom stereocenters. The van der Waals surface area contributed by atoms with Gasteiger partial charge in [0.1, 0.15) is 5.82 Å². The maximum absolute atomic E-state index is 13.8. The highest BCUT2D eigenvalue weighted by Gasteiger charge is 2.17. The Morgan fingerprint density at radius 2 is 1.88 bits per heavy atom. The number of fused-ring (bicyclic) bond motifs is 1. The molecule has 0 fully saturated rings. The van der Waals surface area contributed by atoms with Crippen LogP contribution < -0.4 is 5.73 Å². The van der Waals surface area contributed by atoms with Gasteiger partial charge in [0.2, 0.25) is 5.95 Å².